The molecule has 4 saturated carbocycles. The van der Waals surface area contributed by atoms with Gasteiger partial charge in [0.2, 0.25) is 12.2 Å². The second-order valence-electron chi connectivity index (χ2n) is 31.6. The van der Waals surface area contributed by atoms with Crippen LogP contribution in [0.1, 0.15) is 300 Å². The highest BCUT2D eigenvalue weighted by molar-refractivity contribution is 5.34. The number of isocyanates is 2. The Labute approximate surface area is 586 Å². The van der Waals surface area contributed by atoms with Gasteiger partial charge in [0.15, 0.2) is 0 Å². The van der Waals surface area contributed by atoms with E-state index in [0.29, 0.717) is 61.3 Å². The molecule has 0 aromatic heterocycles. The zero-order valence-electron chi connectivity index (χ0n) is 63.3. The number of carbonyl (C=O) groups excluding carboxylic acids is 2. The molecule has 6 unspecified atom stereocenters. The van der Waals surface area contributed by atoms with E-state index in [9.17, 15) is 9.59 Å². The zero-order valence-corrected chi connectivity index (χ0v) is 63.3. The van der Waals surface area contributed by atoms with Crippen LogP contribution in [0.4, 0.5) is 0 Å². The van der Waals surface area contributed by atoms with Crippen LogP contribution >= 0.6 is 0 Å². The normalized spacial score (nSPS) is 22.0. The Kier molecular flexibility index (Phi) is 50.1. The van der Waals surface area contributed by atoms with Crippen LogP contribution < -0.4 is 4.74 Å². The Morgan fingerprint density at radius 3 is 1.70 bits per heavy atom. The van der Waals surface area contributed by atoms with Gasteiger partial charge in [-0.15, -0.1) is 5.26 Å². The van der Waals surface area contributed by atoms with Crippen LogP contribution in [-0.2, 0) is 35.0 Å². The molecule has 96 heavy (non-hydrogen) atoms. The molecular weight excluding hydrogens is 1190 g/mol. The molecule has 14 nitrogen and oxygen atoms in total. The minimum atomic E-state index is 0.129. The Hall–Kier alpha value is -6.35. The number of unbranched alkanes of at least 4 members (excludes halogenated alkanes) is 4. The van der Waals surface area contributed by atoms with E-state index in [2.05, 4.69) is 150 Å². The van der Waals surface area contributed by atoms with E-state index in [4.69, 9.17) is 45.3 Å². The van der Waals surface area contributed by atoms with E-state index in [-0.39, 0.29) is 16.9 Å². The summed E-state index contributed by atoms with van der Waals surface area (Å²) in [6, 6.07) is 16.1. The molecule has 0 bridgehead atoms. The van der Waals surface area contributed by atoms with Crippen molar-refractivity contribution >= 4 is 12.2 Å². The third kappa shape index (κ3) is 47.5. The molecule has 0 heterocycles. The first-order valence-electron chi connectivity index (χ1n) is 37.1. The van der Waals surface area contributed by atoms with Crippen molar-refractivity contribution in [2.24, 2.45) is 79.0 Å². The Morgan fingerprint density at radius 1 is 0.594 bits per heavy atom. The zero-order chi connectivity index (χ0) is 72.1. The number of aryl methyl sites for hydroxylation is 1. The van der Waals surface area contributed by atoms with Gasteiger partial charge in [0.25, 0.3) is 31.3 Å². The van der Waals surface area contributed by atoms with Crippen LogP contribution in [0.15, 0.2) is 58.5 Å². The van der Waals surface area contributed by atoms with Crippen LogP contribution in [0.2, 0.25) is 0 Å². The molecule has 2 aromatic rings. The van der Waals surface area contributed by atoms with Crippen LogP contribution in [0.25, 0.3) is 0 Å². The Morgan fingerprint density at radius 2 is 1.17 bits per heavy atom. The molecule has 6 rings (SSSR count). The Balaban J connectivity index is 0.00000110. The summed E-state index contributed by atoms with van der Waals surface area (Å²) in [5.41, 5.74) is 4.87. The largest absolute Gasteiger partial charge is 0.428 e. The summed E-state index contributed by atoms with van der Waals surface area (Å²) >= 11 is 0. The van der Waals surface area contributed by atoms with Crippen molar-refractivity contribution in [2.75, 3.05) is 32.9 Å². The second kappa shape index (κ2) is 53.7. The van der Waals surface area contributed by atoms with Gasteiger partial charge < -0.3 is 23.7 Å². The van der Waals surface area contributed by atoms with Crippen molar-refractivity contribution < 1.29 is 33.3 Å². The van der Waals surface area contributed by atoms with Gasteiger partial charge in [-0.05, 0) is 190 Å². The maximum Gasteiger partial charge on any atom is 0.292 e. The van der Waals surface area contributed by atoms with E-state index in [1.807, 2.05) is 30.5 Å². The monoisotopic (exact) mass is 1330 g/mol. The number of rotatable bonds is 29. The lowest BCUT2D eigenvalue weighted by Crippen LogP contribution is -2.36. The van der Waals surface area contributed by atoms with Gasteiger partial charge in [-0.3, -0.25) is 0 Å². The summed E-state index contributed by atoms with van der Waals surface area (Å²) < 4.78 is 23.8. The molecule has 4 aliphatic carbocycles. The van der Waals surface area contributed by atoms with Crippen molar-refractivity contribution in [1.29, 1.82) is 26.3 Å². The minimum absolute atomic E-state index is 0.129. The molecular formula is C82H133N7O7. The molecule has 0 N–H and O–H groups in total. The quantitative estimate of drug-likeness (QED) is 0.0321. The highest BCUT2D eigenvalue weighted by Gasteiger charge is 2.39. The van der Waals surface area contributed by atoms with E-state index in [0.717, 1.165) is 80.5 Å². The predicted octanol–water partition coefficient (Wildman–Crippen LogP) is 22.5. The van der Waals surface area contributed by atoms with Crippen molar-refractivity contribution in [2.45, 2.75) is 303 Å². The third-order valence-corrected chi connectivity index (χ3v) is 19.4. The van der Waals surface area contributed by atoms with Crippen LogP contribution in [0.5, 0.6) is 5.75 Å². The summed E-state index contributed by atoms with van der Waals surface area (Å²) in [7, 11) is 0. The number of benzene rings is 2. The molecule has 4 aliphatic rings. The maximum atomic E-state index is 10.1. The van der Waals surface area contributed by atoms with E-state index in [1.165, 1.54) is 158 Å². The van der Waals surface area contributed by atoms with Crippen LogP contribution in [0.3, 0.4) is 0 Å². The predicted molar refractivity (Wildman–Crippen MR) is 390 cm³/mol. The van der Waals surface area contributed by atoms with Crippen LogP contribution in [0, 0.1) is 134 Å². The highest BCUT2D eigenvalue weighted by Crippen LogP contribution is 2.48. The average Bonchev–Trinajstić information content (AvgIpc) is 0.851. The first-order chi connectivity index (χ1) is 45.7. The molecule has 4 fully saturated rings. The standard InChI is InChI=1S/C15H25NO.C15H13NO.C12H21NO.2C11H21NO.C10H17NO.C8H15NO/c2*1-12-2-4-13(5-3-12)10-14-6-8-15(9-7-14)17-11-16;1-10-5-11(2,3)7-12(4,6-10)8-13-9-14;1-5-6-11(3,4)7-10(2)8-13-9-12;1-5-6-10(2)7-11(3,4)8-13-9-12;1-2-9-4-3-5-10(6-9)7-11-8-12;1-2-3-4-5-6-7-10-8-9/h12-15H,2-10H2,1H3;2-9H,10H2,1H3;10H,5-8H2,1-4H3;2*10H,5-8H2,1-4H3;9-10H,2-7H2,1H3;2-7H2,1H3. The van der Waals surface area contributed by atoms with Gasteiger partial charge in [-0.25, -0.2) is 19.6 Å². The second-order valence-corrected chi connectivity index (χ2v) is 31.6. The number of nitrogens with zero attached hydrogens (tertiary/aromatic N) is 7. The maximum absolute atomic E-state index is 10.1. The molecule has 6 atom stereocenters. The summed E-state index contributed by atoms with van der Waals surface area (Å²) in [4.78, 5) is 27.5. The van der Waals surface area contributed by atoms with Gasteiger partial charge >= 0.3 is 0 Å². The van der Waals surface area contributed by atoms with Gasteiger partial charge in [0, 0.05) is 5.41 Å². The first-order valence-corrected chi connectivity index (χ1v) is 37.1. The lowest BCUT2D eigenvalue weighted by molar-refractivity contribution is 0.0680. The molecule has 0 radical (unpaired) electrons. The SMILES string of the molecule is CC1CC(C)(C)CC(C)(CN=C=O)C1.CC1CCC(CC2CCC(OC#N)CC2)CC1.CCC1CCCC(CN=C=O)C1.CCCC(C)(C)CC(C)COC#N.CCCC(C)CC(C)(C)COC#N.CCCCCCCOC#N.Cc1ccc(Cc2ccc(OC#N)cc2)cc1. The molecule has 14 heteroatoms. The van der Waals surface area contributed by atoms with E-state index >= 15 is 0 Å². The summed E-state index contributed by atoms with van der Waals surface area (Å²) in [6.45, 7) is 38.8. The number of hydrogen-bond donors (Lipinski definition) is 0. The fourth-order valence-electron chi connectivity index (χ4n) is 15.5. The lowest BCUT2D eigenvalue weighted by atomic mass is 9.61. The molecule has 0 spiro atoms. The lowest BCUT2D eigenvalue weighted by Gasteiger charge is -2.45. The van der Waals surface area contributed by atoms with Crippen molar-refractivity contribution in [1.82, 2.24) is 0 Å². The molecule has 0 saturated heterocycles. The van der Waals surface area contributed by atoms with Gasteiger partial charge in [-0.2, -0.15) is 21.0 Å². The highest BCUT2D eigenvalue weighted by atomic mass is 16.5. The molecule has 0 amide bonds. The summed E-state index contributed by atoms with van der Waals surface area (Å²) in [6.07, 6.45) is 48.3. The first kappa shape index (κ1) is 89.6. The molecule has 2 aromatic carbocycles. The fourth-order valence-corrected chi connectivity index (χ4v) is 15.5. The van der Waals surface area contributed by atoms with E-state index < -0.39 is 0 Å². The number of ether oxygens (including phenoxy) is 5. The third-order valence-electron chi connectivity index (χ3n) is 19.4. The molecule has 538 valence electrons. The van der Waals surface area contributed by atoms with Gasteiger partial charge in [0.05, 0.1) is 13.1 Å². The summed E-state index contributed by atoms with van der Waals surface area (Å²) in [5.74, 6) is 6.92. The number of nitriles is 5. The Bertz CT molecular complexity index is 2600. The smallest absolute Gasteiger partial charge is 0.292 e. The van der Waals surface area contributed by atoms with Gasteiger partial charge in [-0.1, -0.05) is 236 Å². The van der Waals surface area contributed by atoms with Crippen molar-refractivity contribution in [3.8, 4) is 37.0 Å². The van der Waals surface area contributed by atoms with E-state index in [1.54, 1.807) is 37.2 Å². The fraction of sp³-hybridized carbons (Fsp3) is 0.768. The number of aliphatic imine (C=N–C) groups is 2. The van der Waals surface area contributed by atoms with Crippen molar-refractivity contribution in [3.63, 3.8) is 0 Å². The van der Waals surface area contributed by atoms with Crippen molar-refractivity contribution in [3.05, 3.63) is 65.2 Å². The average molecular weight is 1330 g/mol. The minimum Gasteiger partial charge on any atom is -0.428 e. The van der Waals surface area contributed by atoms with Crippen LogP contribution in [-0.4, -0.2) is 51.2 Å². The summed E-state index contributed by atoms with van der Waals surface area (Å²) in [5, 5.41) is 41.4. The molecule has 0 aliphatic heterocycles. The topological polar surface area (TPSA) is 224 Å². The van der Waals surface area contributed by atoms with Gasteiger partial charge in [0.1, 0.15) is 31.7 Å². The number of hydrogen-bond acceptors (Lipinski definition) is 14.